The fourth-order valence-electron chi connectivity index (χ4n) is 2.34. The minimum Gasteiger partial charge on any atom is -0.365 e. The Balaban J connectivity index is 2.08. The predicted octanol–water partition coefficient (Wildman–Crippen LogP) is 4.19. The van der Waals surface area contributed by atoms with E-state index in [1.807, 2.05) is 30.3 Å². The van der Waals surface area contributed by atoms with E-state index in [1.165, 1.54) is 0 Å². The molecule has 3 aromatic rings. The normalized spacial score (nSPS) is 10.8. The summed E-state index contributed by atoms with van der Waals surface area (Å²) in [6, 6.07) is 9.23. The SMILES string of the molecule is [C-]#[N+]C([N+]#[C-])c1nc(N=Nc2snc(C)c2C(N)=O)c(-c2ccccc2)[nH]1. The first kappa shape index (κ1) is 17.9. The topological polar surface area (TPSA) is 118 Å². The number of nitrogens with one attached hydrogen (secondary N) is 1. The van der Waals surface area contributed by atoms with Crippen molar-refractivity contribution in [2.45, 2.75) is 13.1 Å². The van der Waals surface area contributed by atoms with Gasteiger partial charge in [-0.25, -0.2) is 22.8 Å². The number of aromatic nitrogens is 3. The van der Waals surface area contributed by atoms with Gasteiger partial charge in [0.15, 0.2) is 5.00 Å². The quantitative estimate of drug-likeness (QED) is 0.513. The van der Waals surface area contributed by atoms with Crippen LogP contribution in [0.15, 0.2) is 40.6 Å². The number of H-pyrrole nitrogens is 1. The number of primary amides is 1. The standard InChI is InChI=1S/C17H12N8OS/c1-9-11(13(18)26)17(27-25-9)24-23-14-12(10-7-5-4-6-8-10)21-16(22-14)15(19-2)20-3/h4-8,15H,1H3,(H2,18,26)(H,21,22). The number of nitrogens with two attached hydrogens (primary N) is 1. The minimum absolute atomic E-state index is 0.184. The molecule has 0 aliphatic heterocycles. The maximum Gasteiger partial charge on any atom is 0.534 e. The molecule has 0 aliphatic rings. The van der Waals surface area contributed by atoms with Gasteiger partial charge < -0.3 is 10.7 Å². The summed E-state index contributed by atoms with van der Waals surface area (Å²) in [5, 5.41) is 8.47. The van der Waals surface area contributed by atoms with Crippen LogP contribution in [0.25, 0.3) is 20.9 Å². The molecular weight excluding hydrogens is 364 g/mol. The van der Waals surface area contributed by atoms with Gasteiger partial charge in [0.25, 0.3) is 11.7 Å². The number of hydrogen-bond donors (Lipinski definition) is 2. The Kier molecular flexibility index (Phi) is 5.01. The average molecular weight is 376 g/mol. The molecule has 0 unspecified atom stereocenters. The van der Waals surface area contributed by atoms with Crippen molar-refractivity contribution in [1.29, 1.82) is 0 Å². The van der Waals surface area contributed by atoms with Gasteiger partial charge in [-0.3, -0.25) is 4.79 Å². The summed E-state index contributed by atoms with van der Waals surface area (Å²) < 4.78 is 4.07. The lowest BCUT2D eigenvalue weighted by Crippen LogP contribution is -2.11. The predicted molar refractivity (Wildman–Crippen MR) is 99.5 cm³/mol. The number of carbonyl (C=O) groups excluding carboxylic acids is 1. The fraction of sp³-hybridized carbons (Fsp3) is 0.118. The Morgan fingerprint density at radius 2 is 1.96 bits per heavy atom. The Labute approximate surface area is 158 Å². The third-order valence-corrected chi connectivity index (χ3v) is 4.41. The van der Waals surface area contributed by atoms with Gasteiger partial charge in [0.2, 0.25) is 5.82 Å². The number of carbonyl (C=O) groups is 1. The van der Waals surface area contributed by atoms with Gasteiger partial charge in [-0.2, -0.15) is 9.36 Å². The molecule has 3 N–H and O–H groups in total. The zero-order valence-corrected chi connectivity index (χ0v) is 14.9. The maximum absolute atomic E-state index is 11.6. The smallest absolute Gasteiger partial charge is 0.365 e. The molecule has 0 saturated heterocycles. The zero-order chi connectivity index (χ0) is 19.4. The third-order valence-electron chi connectivity index (χ3n) is 3.58. The van der Waals surface area contributed by atoms with Crippen molar-refractivity contribution >= 4 is 28.3 Å². The van der Waals surface area contributed by atoms with E-state index >= 15 is 0 Å². The van der Waals surface area contributed by atoms with E-state index in [9.17, 15) is 4.79 Å². The van der Waals surface area contributed by atoms with Crippen molar-refractivity contribution < 1.29 is 4.79 Å². The Morgan fingerprint density at radius 3 is 2.59 bits per heavy atom. The fourth-order valence-corrected chi connectivity index (χ4v) is 3.07. The lowest BCUT2D eigenvalue weighted by molar-refractivity contribution is 0.100. The van der Waals surface area contributed by atoms with E-state index in [1.54, 1.807) is 6.92 Å². The summed E-state index contributed by atoms with van der Waals surface area (Å²) in [4.78, 5) is 25.3. The molecule has 1 aromatic carbocycles. The lowest BCUT2D eigenvalue weighted by Gasteiger charge is -1.97. The van der Waals surface area contributed by atoms with Crippen molar-refractivity contribution in [2.75, 3.05) is 0 Å². The zero-order valence-electron chi connectivity index (χ0n) is 14.0. The molecule has 3 rings (SSSR count). The largest absolute Gasteiger partial charge is 0.534 e. The van der Waals surface area contributed by atoms with Crippen molar-refractivity contribution in [1.82, 2.24) is 14.3 Å². The van der Waals surface area contributed by atoms with Crippen LogP contribution < -0.4 is 5.73 Å². The third kappa shape index (κ3) is 3.56. The minimum atomic E-state index is -1.09. The molecule has 2 heterocycles. The molecule has 0 spiro atoms. The number of amides is 1. The second kappa shape index (κ2) is 7.56. The van der Waals surface area contributed by atoms with Crippen LogP contribution in [0.4, 0.5) is 10.8 Å². The molecule has 132 valence electrons. The van der Waals surface area contributed by atoms with Gasteiger partial charge in [-0.05, 0) is 18.5 Å². The van der Waals surface area contributed by atoms with E-state index < -0.39 is 12.1 Å². The van der Waals surface area contributed by atoms with Crippen LogP contribution in [0.2, 0.25) is 0 Å². The van der Waals surface area contributed by atoms with E-state index in [0.717, 1.165) is 17.1 Å². The summed E-state index contributed by atoms with van der Waals surface area (Å²) in [6.45, 7) is 15.9. The first-order chi connectivity index (χ1) is 13.0. The van der Waals surface area contributed by atoms with Gasteiger partial charge in [0.1, 0.15) is 5.56 Å². The van der Waals surface area contributed by atoms with Crippen molar-refractivity contribution in [3.63, 3.8) is 0 Å². The van der Waals surface area contributed by atoms with Gasteiger partial charge in [-0.15, -0.1) is 10.2 Å². The van der Waals surface area contributed by atoms with Crippen LogP contribution in [-0.4, -0.2) is 20.2 Å². The molecule has 0 atom stereocenters. The highest BCUT2D eigenvalue weighted by atomic mass is 32.1. The summed E-state index contributed by atoms with van der Waals surface area (Å²) >= 11 is 1.00. The number of imidazole rings is 1. The number of nitrogens with zero attached hydrogens (tertiary/aromatic N) is 6. The molecule has 10 heteroatoms. The van der Waals surface area contributed by atoms with E-state index in [4.69, 9.17) is 18.9 Å². The molecule has 27 heavy (non-hydrogen) atoms. The second-order valence-electron chi connectivity index (χ2n) is 5.33. The number of rotatable bonds is 5. The van der Waals surface area contributed by atoms with Crippen LogP contribution in [0, 0.1) is 20.1 Å². The summed E-state index contributed by atoms with van der Waals surface area (Å²) in [6.07, 6.45) is -1.09. The van der Waals surface area contributed by atoms with E-state index in [-0.39, 0.29) is 22.2 Å². The number of aromatic amines is 1. The molecule has 0 radical (unpaired) electrons. The summed E-state index contributed by atoms with van der Waals surface area (Å²) in [7, 11) is 0. The van der Waals surface area contributed by atoms with Crippen molar-refractivity contribution in [2.24, 2.45) is 16.0 Å². The molecule has 9 nitrogen and oxygen atoms in total. The first-order valence-electron chi connectivity index (χ1n) is 7.61. The van der Waals surface area contributed by atoms with E-state index in [0.29, 0.717) is 11.4 Å². The van der Waals surface area contributed by atoms with Crippen molar-refractivity contribution in [3.05, 3.63) is 70.2 Å². The van der Waals surface area contributed by atoms with Gasteiger partial charge >= 0.3 is 6.17 Å². The van der Waals surface area contributed by atoms with Gasteiger partial charge in [0.05, 0.1) is 11.4 Å². The molecule has 0 saturated carbocycles. The van der Waals surface area contributed by atoms with E-state index in [2.05, 4.69) is 34.3 Å². The monoisotopic (exact) mass is 376 g/mol. The van der Waals surface area contributed by atoms with Crippen LogP contribution in [-0.2, 0) is 0 Å². The maximum atomic E-state index is 11.6. The molecular formula is C17H12N8OS. The average Bonchev–Trinajstić information content (AvgIpc) is 3.25. The number of aryl methyl sites for hydroxylation is 1. The van der Waals surface area contributed by atoms with Crippen LogP contribution in [0.1, 0.15) is 28.0 Å². The Bertz CT molecular complexity index is 1090. The Morgan fingerprint density at radius 1 is 1.26 bits per heavy atom. The summed E-state index contributed by atoms with van der Waals surface area (Å²) in [5.74, 6) is -0.249. The number of azo groups is 1. The molecule has 1 amide bonds. The molecule has 0 bridgehead atoms. The Hall–Kier alpha value is -3.89. The first-order valence-corrected chi connectivity index (χ1v) is 8.38. The number of hydrogen-bond acceptors (Lipinski definition) is 6. The summed E-state index contributed by atoms with van der Waals surface area (Å²) in [5.41, 5.74) is 7.35. The highest BCUT2D eigenvalue weighted by Crippen LogP contribution is 2.34. The van der Waals surface area contributed by atoms with Gasteiger partial charge in [0, 0.05) is 5.56 Å². The lowest BCUT2D eigenvalue weighted by atomic mass is 10.1. The highest BCUT2D eigenvalue weighted by Gasteiger charge is 2.27. The molecule has 0 fully saturated rings. The number of benzene rings is 1. The van der Waals surface area contributed by atoms with Crippen molar-refractivity contribution in [3.8, 4) is 11.3 Å². The van der Waals surface area contributed by atoms with Gasteiger partial charge in [-0.1, -0.05) is 30.3 Å². The van der Waals surface area contributed by atoms with Crippen LogP contribution in [0.5, 0.6) is 0 Å². The van der Waals surface area contributed by atoms with Crippen LogP contribution >= 0.6 is 11.5 Å². The molecule has 0 aliphatic carbocycles. The highest BCUT2D eigenvalue weighted by molar-refractivity contribution is 7.10. The molecule has 2 aromatic heterocycles. The van der Waals surface area contributed by atoms with Crippen LogP contribution in [0.3, 0.4) is 0 Å². The second-order valence-corrected chi connectivity index (χ2v) is 6.08.